The Balaban J connectivity index is 1.61. The summed E-state index contributed by atoms with van der Waals surface area (Å²) in [5, 5.41) is 0.764. The lowest BCUT2D eigenvalue weighted by atomic mass is 9.94. The van der Waals surface area contributed by atoms with E-state index in [1.165, 1.54) is 11.1 Å². The Morgan fingerprint density at radius 1 is 1.12 bits per heavy atom. The van der Waals surface area contributed by atoms with Crippen LogP contribution in [0.5, 0.6) is 0 Å². The van der Waals surface area contributed by atoms with Crippen molar-refractivity contribution in [3.63, 3.8) is 0 Å². The van der Waals surface area contributed by atoms with Gasteiger partial charge in [-0.3, -0.25) is 4.79 Å². The van der Waals surface area contributed by atoms with Crippen LogP contribution in [0.4, 0.5) is 0 Å². The minimum absolute atomic E-state index is 0.115. The van der Waals surface area contributed by atoms with E-state index in [0.717, 1.165) is 11.8 Å². The van der Waals surface area contributed by atoms with Crippen molar-refractivity contribution in [2.45, 2.75) is 19.3 Å². The van der Waals surface area contributed by atoms with Gasteiger partial charge in [-0.1, -0.05) is 42.5 Å². The molecule has 0 aliphatic carbocycles. The first-order chi connectivity index (χ1) is 12.1. The summed E-state index contributed by atoms with van der Waals surface area (Å²) in [6.07, 6.45) is 0.912. The number of benzene rings is 2. The maximum atomic E-state index is 12.8. The van der Waals surface area contributed by atoms with Gasteiger partial charge in [-0.15, -0.1) is 0 Å². The molecule has 1 atom stereocenters. The van der Waals surface area contributed by atoms with Crippen molar-refractivity contribution in [1.82, 2.24) is 4.90 Å². The van der Waals surface area contributed by atoms with Gasteiger partial charge in [0.2, 0.25) is 0 Å². The lowest BCUT2D eigenvalue weighted by molar-refractivity contribution is 0.0786. The minimum atomic E-state index is -0.567. The van der Waals surface area contributed by atoms with Gasteiger partial charge < -0.3 is 9.32 Å². The highest BCUT2D eigenvalue weighted by Gasteiger charge is 2.30. The van der Waals surface area contributed by atoms with Crippen LogP contribution in [0, 0.1) is 6.92 Å². The van der Waals surface area contributed by atoms with Gasteiger partial charge in [0, 0.05) is 24.4 Å². The molecule has 0 bridgehead atoms. The standard InChI is InChI=1S/C21H19NO3/c1-14-6-2-4-8-17(14)16-10-11-22(13-16)20(23)18-12-15-7-3-5-9-19(15)25-21(18)24/h2-9,12,16H,10-11,13H2,1H3. The van der Waals surface area contributed by atoms with Crippen LogP contribution in [0.15, 0.2) is 63.8 Å². The molecule has 1 aliphatic heterocycles. The van der Waals surface area contributed by atoms with Crippen LogP contribution >= 0.6 is 0 Å². The second-order valence-electron chi connectivity index (χ2n) is 6.58. The molecule has 25 heavy (non-hydrogen) atoms. The van der Waals surface area contributed by atoms with E-state index in [-0.39, 0.29) is 11.5 Å². The van der Waals surface area contributed by atoms with Gasteiger partial charge in [-0.2, -0.15) is 0 Å². The molecule has 4 heteroatoms. The zero-order chi connectivity index (χ0) is 17.4. The quantitative estimate of drug-likeness (QED) is 0.672. The number of likely N-dealkylation sites (tertiary alicyclic amines) is 1. The number of rotatable bonds is 2. The average Bonchev–Trinajstić information content (AvgIpc) is 3.11. The molecule has 1 unspecified atom stereocenters. The van der Waals surface area contributed by atoms with Crippen LogP contribution in [-0.2, 0) is 0 Å². The Labute approximate surface area is 145 Å². The van der Waals surface area contributed by atoms with Gasteiger partial charge in [0.15, 0.2) is 0 Å². The summed E-state index contributed by atoms with van der Waals surface area (Å²) in [6, 6.07) is 17.2. The van der Waals surface area contributed by atoms with Crippen molar-refractivity contribution in [1.29, 1.82) is 0 Å². The second-order valence-corrected chi connectivity index (χ2v) is 6.58. The van der Waals surface area contributed by atoms with E-state index in [0.29, 0.717) is 24.6 Å². The van der Waals surface area contributed by atoms with Crippen LogP contribution in [-0.4, -0.2) is 23.9 Å². The van der Waals surface area contributed by atoms with Gasteiger partial charge in [0.1, 0.15) is 11.1 Å². The fourth-order valence-corrected chi connectivity index (χ4v) is 3.62. The molecule has 3 aromatic rings. The summed E-state index contributed by atoms with van der Waals surface area (Å²) in [7, 11) is 0. The van der Waals surface area contributed by atoms with Crippen molar-refractivity contribution in [3.05, 3.63) is 81.7 Å². The van der Waals surface area contributed by atoms with Crippen LogP contribution in [0.3, 0.4) is 0 Å². The Bertz CT molecular complexity index is 1010. The van der Waals surface area contributed by atoms with E-state index in [1.807, 2.05) is 24.3 Å². The average molecular weight is 333 g/mol. The SMILES string of the molecule is Cc1ccccc1C1CCN(C(=O)c2cc3ccccc3oc2=O)C1. The van der Waals surface area contributed by atoms with Crippen molar-refractivity contribution in [2.75, 3.05) is 13.1 Å². The van der Waals surface area contributed by atoms with E-state index < -0.39 is 5.63 Å². The first-order valence-corrected chi connectivity index (χ1v) is 8.51. The van der Waals surface area contributed by atoms with Crippen LogP contribution < -0.4 is 5.63 Å². The molecule has 2 heterocycles. The van der Waals surface area contributed by atoms with E-state index in [4.69, 9.17) is 4.42 Å². The number of carbonyl (C=O) groups excluding carboxylic acids is 1. The predicted octanol–water partition coefficient (Wildman–Crippen LogP) is 3.73. The highest BCUT2D eigenvalue weighted by atomic mass is 16.4. The maximum absolute atomic E-state index is 12.8. The molecule has 2 aromatic carbocycles. The number of amides is 1. The number of aryl methyl sites for hydroxylation is 1. The van der Waals surface area contributed by atoms with Crippen LogP contribution in [0.1, 0.15) is 33.8 Å². The molecule has 4 rings (SSSR count). The number of nitrogens with zero attached hydrogens (tertiary/aromatic N) is 1. The molecule has 1 aliphatic rings. The molecule has 0 N–H and O–H groups in total. The number of hydrogen-bond donors (Lipinski definition) is 0. The second kappa shape index (κ2) is 6.20. The van der Waals surface area contributed by atoms with Crippen molar-refractivity contribution in [3.8, 4) is 0 Å². The minimum Gasteiger partial charge on any atom is -0.422 e. The smallest absolute Gasteiger partial charge is 0.349 e. The zero-order valence-electron chi connectivity index (χ0n) is 14.1. The number of carbonyl (C=O) groups is 1. The maximum Gasteiger partial charge on any atom is 0.349 e. The Morgan fingerprint density at radius 3 is 2.72 bits per heavy atom. The van der Waals surface area contributed by atoms with Gasteiger partial charge in [-0.25, -0.2) is 4.79 Å². The summed E-state index contributed by atoms with van der Waals surface area (Å²) in [5.74, 6) is 0.0771. The van der Waals surface area contributed by atoms with Gasteiger partial charge in [0.25, 0.3) is 5.91 Å². The number of hydrogen-bond acceptors (Lipinski definition) is 3. The molecule has 0 spiro atoms. The van der Waals surface area contributed by atoms with Crippen molar-refractivity contribution in [2.24, 2.45) is 0 Å². The number of fused-ring (bicyclic) bond motifs is 1. The fraction of sp³-hybridized carbons (Fsp3) is 0.238. The van der Waals surface area contributed by atoms with Crippen molar-refractivity contribution < 1.29 is 9.21 Å². The molecule has 1 saturated heterocycles. The largest absolute Gasteiger partial charge is 0.422 e. The predicted molar refractivity (Wildman–Crippen MR) is 96.9 cm³/mol. The Kier molecular flexibility index (Phi) is 3.88. The lowest BCUT2D eigenvalue weighted by Gasteiger charge is -2.17. The monoisotopic (exact) mass is 333 g/mol. The Hall–Kier alpha value is -2.88. The van der Waals surface area contributed by atoms with Crippen molar-refractivity contribution >= 4 is 16.9 Å². The first-order valence-electron chi connectivity index (χ1n) is 8.51. The van der Waals surface area contributed by atoms with E-state index in [9.17, 15) is 9.59 Å². The third-order valence-electron chi connectivity index (χ3n) is 4.98. The normalized spacial score (nSPS) is 17.2. The Morgan fingerprint density at radius 2 is 1.88 bits per heavy atom. The summed E-state index contributed by atoms with van der Waals surface area (Å²) in [5.41, 5.74) is 2.57. The van der Waals surface area contributed by atoms with Crippen LogP contribution in [0.2, 0.25) is 0 Å². The third kappa shape index (κ3) is 2.84. The highest BCUT2D eigenvalue weighted by molar-refractivity contribution is 5.96. The molecule has 126 valence electrons. The molecule has 1 amide bonds. The summed E-state index contributed by atoms with van der Waals surface area (Å²) < 4.78 is 5.30. The molecular formula is C21H19NO3. The van der Waals surface area contributed by atoms with Gasteiger partial charge in [-0.05, 0) is 36.6 Å². The summed E-state index contributed by atoms with van der Waals surface area (Å²) >= 11 is 0. The van der Waals surface area contributed by atoms with E-state index >= 15 is 0 Å². The first kappa shape index (κ1) is 15.6. The molecule has 0 saturated carbocycles. The summed E-state index contributed by atoms with van der Waals surface area (Å²) in [4.78, 5) is 26.8. The highest BCUT2D eigenvalue weighted by Crippen LogP contribution is 2.30. The zero-order valence-corrected chi connectivity index (χ0v) is 14.1. The fourth-order valence-electron chi connectivity index (χ4n) is 3.62. The topological polar surface area (TPSA) is 50.5 Å². The molecule has 4 nitrogen and oxygen atoms in total. The summed E-state index contributed by atoms with van der Waals surface area (Å²) in [6.45, 7) is 3.39. The third-order valence-corrected chi connectivity index (χ3v) is 4.98. The van der Waals surface area contributed by atoms with Crippen LogP contribution in [0.25, 0.3) is 11.0 Å². The van der Waals surface area contributed by atoms with E-state index in [1.54, 1.807) is 23.1 Å². The molecule has 1 fully saturated rings. The number of para-hydroxylation sites is 1. The molecule has 1 aromatic heterocycles. The van der Waals surface area contributed by atoms with Gasteiger partial charge in [0.05, 0.1) is 0 Å². The molecular weight excluding hydrogens is 314 g/mol. The van der Waals surface area contributed by atoms with E-state index in [2.05, 4.69) is 19.1 Å². The van der Waals surface area contributed by atoms with Gasteiger partial charge >= 0.3 is 5.63 Å². The molecule has 0 radical (unpaired) electrons. The lowest BCUT2D eigenvalue weighted by Crippen LogP contribution is -2.32.